The van der Waals surface area contributed by atoms with E-state index in [9.17, 15) is 10.2 Å². The zero-order chi connectivity index (χ0) is 10.7. The number of aliphatic hydroxyl groups is 2. The molecule has 0 aliphatic heterocycles. The lowest BCUT2D eigenvalue weighted by Crippen LogP contribution is -1.96. The molecule has 0 radical (unpaired) electrons. The lowest BCUT2D eigenvalue weighted by Gasteiger charge is -2.05. The van der Waals surface area contributed by atoms with E-state index in [2.05, 4.69) is 0 Å². The van der Waals surface area contributed by atoms with Crippen molar-refractivity contribution in [3.8, 4) is 0 Å². The molecule has 0 saturated carbocycles. The third-order valence-corrected chi connectivity index (χ3v) is 2.01. The van der Waals surface area contributed by atoms with E-state index in [0.29, 0.717) is 11.1 Å². The molecule has 0 atom stereocenters. The second-order valence-electron chi connectivity index (χ2n) is 3.06. The van der Waals surface area contributed by atoms with Gasteiger partial charge in [-0.1, -0.05) is 24.3 Å². The standard InChI is InChI=1S/C12H10O3/c13-11(9-5-1-2-6-9)15-12(14)10-7-3-4-8-10/h1-8,13-14H. The highest BCUT2D eigenvalue weighted by molar-refractivity contribution is 5.42. The highest BCUT2D eigenvalue weighted by Gasteiger charge is 2.09. The minimum Gasteiger partial charge on any atom is -0.480 e. The van der Waals surface area contributed by atoms with Crippen LogP contribution in [-0.4, -0.2) is 10.2 Å². The summed E-state index contributed by atoms with van der Waals surface area (Å²) in [5.74, 6) is -0.614. The molecule has 0 bridgehead atoms. The molecule has 0 aromatic heterocycles. The topological polar surface area (TPSA) is 49.7 Å². The Balaban J connectivity index is 2.16. The van der Waals surface area contributed by atoms with Gasteiger partial charge in [0, 0.05) is 0 Å². The first-order valence-corrected chi connectivity index (χ1v) is 4.51. The fourth-order valence-electron chi connectivity index (χ4n) is 1.24. The van der Waals surface area contributed by atoms with Crippen molar-refractivity contribution in [1.29, 1.82) is 0 Å². The Kier molecular flexibility index (Phi) is 2.46. The summed E-state index contributed by atoms with van der Waals surface area (Å²) in [5, 5.41) is 19.0. The Morgan fingerprint density at radius 2 is 1.07 bits per heavy atom. The highest BCUT2D eigenvalue weighted by atomic mass is 16.7. The predicted molar refractivity (Wildman–Crippen MR) is 57.0 cm³/mol. The maximum Gasteiger partial charge on any atom is 0.292 e. The second-order valence-corrected chi connectivity index (χ2v) is 3.06. The van der Waals surface area contributed by atoms with E-state index in [0.717, 1.165) is 0 Å². The fourth-order valence-corrected chi connectivity index (χ4v) is 1.24. The van der Waals surface area contributed by atoms with Crippen LogP contribution in [0.3, 0.4) is 0 Å². The van der Waals surface area contributed by atoms with Gasteiger partial charge < -0.3 is 14.9 Å². The molecule has 0 aromatic rings. The van der Waals surface area contributed by atoms with Crippen LogP contribution >= 0.6 is 0 Å². The van der Waals surface area contributed by atoms with Crippen molar-refractivity contribution in [2.75, 3.05) is 0 Å². The van der Waals surface area contributed by atoms with E-state index in [1.54, 1.807) is 48.6 Å². The Morgan fingerprint density at radius 1 is 0.733 bits per heavy atom. The summed E-state index contributed by atoms with van der Waals surface area (Å²) < 4.78 is 4.88. The number of ether oxygens (including phenoxy) is 1. The third kappa shape index (κ3) is 2.02. The van der Waals surface area contributed by atoms with Gasteiger partial charge in [0.25, 0.3) is 11.9 Å². The number of hydrogen-bond acceptors (Lipinski definition) is 3. The van der Waals surface area contributed by atoms with Crippen LogP contribution in [0.25, 0.3) is 0 Å². The van der Waals surface area contributed by atoms with Crippen LogP contribution in [0.4, 0.5) is 0 Å². The first-order chi connectivity index (χ1) is 7.27. The molecule has 0 spiro atoms. The molecule has 0 heterocycles. The summed E-state index contributed by atoms with van der Waals surface area (Å²) in [6.45, 7) is 0. The summed E-state index contributed by atoms with van der Waals surface area (Å²) in [6.07, 6.45) is 13.8. The van der Waals surface area contributed by atoms with Crippen molar-refractivity contribution in [3.63, 3.8) is 0 Å². The molecule has 0 aromatic carbocycles. The van der Waals surface area contributed by atoms with Gasteiger partial charge in [0.05, 0.1) is 11.1 Å². The Bertz CT molecular complexity index is 375. The van der Waals surface area contributed by atoms with Gasteiger partial charge in [-0.25, -0.2) is 0 Å². The zero-order valence-electron chi connectivity index (χ0n) is 7.92. The molecule has 3 heteroatoms. The van der Waals surface area contributed by atoms with Gasteiger partial charge >= 0.3 is 0 Å². The Hall–Kier alpha value is -2.16. The summed E-state index contributed by atoms with van der Waals surface area (Å²) >= 11 is 0. The lowest BCUT2D eigenvalue weighted by molar-refractivity contribution is 0.0650. The van der Waals surface area contributed by atoms with Crippen molar-refractivity contribution in [1.82, 2.24) is 0 Å². The first-order valence-electron chi connectivity index (χ1n) is 4.51. The maximum atomic E-state index is 9.49. The molecule has 0 amide bonds. The van der Waals surface area contributed by atoms with Gasteiger partial charge in [-0.15, -0.1) is 0 Å². The molecule has 15 heavy (non-hydrogen) atoms. The van der Waals surface area contributed by atoms with Gasteiger partial charge in [0.1, 0.15) is 0 Å². The van der Waals surface area contributed by atoms with Gasteiger partial charge in [0.15, 0.2) is 0 Å². The van der Waals surface area contributed by atoms with Crippen LogP contribution in [-0.2, 0) is 4.74 Å². The van der Waals surface area contributed by atoms with Gasteiger partial charge in [0.2, 0.25) is 0 Å². The Morgan fingerprint density at radius 3 is 1.40 bits per heavy atom. The van der Waals surface area contributed by atoms with E-state index < -0.39 is 0 Å². The predicted octanol–water partition coefficient (Wildman–Crippen LogP) is 2.79. The lowest BCUT2D eigenvalue weighted by atomic mass is 10.3. The van der Waals surface area contributed by atoms with Crippen LogP contribution in [0.1, 0.15) is 0 Å². The van der Waals surface area contributed by atoms with E-state index in [-0.39, 0.29) is 11.9 Å². The third-order valence-electron chi connectivity index (χ3n) is 2.01. The average Bonchev–Trinajstić information content (AvgIpc) is 2.91. The van der Waals surface area contributed by atoms with Crippen molar-refractivity contribution < 1.29 is 14.9 Å². The molecular weight excluding hydrogens is 192 g/mol. The van der Waals surface area contributed by atoms with Crippen LogP contribution in [0.2, 0.25) is 0 Å². The average molecular weight is 202 g/mol. The molecule has 0 unspecified atom stereocenters. The maximum absolute atomic E-state index is 9.49. The fraction of sp³-hybridized carbons (Fsp3) is 0. The van der Waals surface area contributed by atoms with Crippen LogP contribution in [0.15, 0.2) is 71.6 Å². The molecule has 2 rings (SSSR count). The SMILES string of the molecule is OC(OC(O)=C1C=CC=C1)=C1C=CC=C1. The highest BCUT2D eigenvalue weighted by Crippen LogP contribution is 2.18. The molecule has 2 N–H and O–H groups in total. The van der Waals surface area contributed by atoms with E-state index in [1.807, 2.05) is 0 Å². The van der Waals surface area contributed by atoms with Crippen molar-refractivity contribution in [2.24, 2.45) is 0 Å². The number of allylic oxidation sites excluding steroid dienone is 10. The van der Waals surface area contributed by atoms with Crippen LogP contribution < -0.4 is 0 Å². The molecule has 3 nitrogen and oxygen atoms in total. The smallest absolute Gasteiger partial charge is 0.292 e. The Labute approximate surface area is 87.3 Å². The van der Waals surface area contributed by atoms with Crippen molar-refractivity contribution >= 4 is 0 Å². The van der Waals surface area contributed by atoms with Crippen molar-refractivity contribution in [2.45, 2.75) is 0 Å². The summed E-state index contributed by atoms with van der Waals surface area (Å²) in [6, 6.07) is 0. The molecule has 2 aliphatic rings. The quantitative estimate of drug-likeness (QED) is 0.677. The normalized spacial score (nSPS) is 16.5. The molecular formula is C12H10O3. The largest absolute Gasteiger partial charge is 0.480 e. The van der Waals surface area contributed by atoms with Gasteiger partial charge in [-0.05, 0) is 24.3 Å². The molecule has 0 fully saturated rings. The van der Waals surface area contributed by atoms with Crippen LogP contribution in [0, 0.1) is 0 Å². The van der Waals surface area contributed by atoms with E-state index >= 15 is 0 Å². The molecule has 2 aliphatic carbocycles. The summed E-state index contributed by atoms with van der Waals surface area (Å²) in [7, 11) is 0. The summed E-state index contributed by atoms with van der Waals surface area (Å²) in [4.78, 5) is 0. The van der Waals surface area contributed by atoms with Crippen LogP contribution in [0.5, 0.6) is 0 Å². The number of hydrogen-bond donors (Lipinski definition) is 2. The van der Waals surface area contributed by atoms with Gasteiger partial charge in [-0.2, -0.15) is 0 Å². The second kappa shape index (κ2) is 3.92. The molecule has 76 valence electrons. The minimum absolute atomic E-state index is 0.307. The number of rotatable bonds is 2. The summed E-state index contributed by atoms with van der Waals surface area (Å²) in [5.41, 5.74) is 1.07. The first kappa shape index (κ1) is 9.40. The van der Waals surface area contributed by atoms with Crippen molar-refractivity contribution in [3.05, 3.63) is 71.6 Å². The molecule has 0 saturated heterocycles. The number of aliphatic hydroxyl groups excluding tert-OH is 2. The monoisotopic (exact) mass is 202 g/mol. The van der Waals surface area contributed by atoms with E-state index in [1.165, 1.54) is 0 Å². The van der Waals surface area contributed by atoms with Gasteiger partial charge in [-0.3, -0.25) is 0 Å². The zero-order valence-corrected chi connectivity index (χ0v) is 7.92. The minimum atomic E-state index is -0.307. The van der Waals surface area contributed by atoms with E-state index in [4.69, 9.17) is 4.74 Å².